The lowest BCUT2D eigenvalue weighted by molar-refractivity contribution is -0.118. The maximum atomic E-state index is 10.6. The van der Waals surface area contributed by atoms with Crippen LogP contribution in [0.4, 0.5) is 0 Å². The van der Waals surface area contributed by atoms with E-state index in [9.17, 15) is 4.79 Å². The Hall–Kier alpha value is -1.64. The second kappa shape index (κ2) is 6.05. The first kappa shape index (κ1) is 12.4. The van der Waals surface area contributed by atoms with Gasteiger partial charge in [0.05, 0.1) is 0 Å². The molecule has 0 unspecified atom stereocenters. The molecular weight excluding hydrogens is 200 g/mol. The quantitative estimate of drug-likeness (QED) is 0.787. The Kier molecular flexibility index (Phi) is 4.70. The summed E-state index contributed by atoms with van der Waals surface area (Å²) in [6.07, 6.45) is 4.94. The first-order valence-electron chi connectivity index (χ1n) is 5.45. The van der Waals surface area contributed by atoms with Gasteiger partial charge in [0.15, 0.2) is 0 Å². The average Bonchev–Trinajstić information content (AvgIpc) is 2.20. The van der Waals surface area contributed by atoms with Gasteiger partial charge in [-0.05, 0) is 31.9 Å². The number of rotatable bonds is 4. The van der Waals surface area contributed by atoms with Gasteiger partial charge in [-0.3, -0.25) is 9.78 Å². The summed E-state index contributed by atoms with van der Waals surface area (Å²) in [6.45, 7) is 6.19. The Morgan fingerprint density at radius 1 is 1.44 bits per heavy atom. The maximum Gasteiger partial charge on any atom is 0.216 e. The lowest BCUT2D eigenvalue weighted by Gasteiger charge is -2.01. The van der Waals surface area contributed by atoms with Gasteiger partial charge in [0.1, 0.15) is 0 Å². The molecule has 1 aromatic heterocycles. The van der Waals surface area contributed by atoms with Crippen LogP contribution in [-0.2, 0) is 4.79 Å². The molecule has 3 nitrogen and oxygen atoms in total. The van der Waals surface area contributed by atoms with Gasteiger partial charge >= 0.3 is 0 Å². The first-order chi connectivity index (χ1) is 7.59. The molecule has 0 fully saturated rings. The van der Waals surface area contributed by atoms with E-state index in [0.717, 1.165) is 23.4 Å². The van der Waals surface area contributed by atoms with E-state index >= 15 is 0 Å². The van der Waals surface area contributed by atoms with Gasteiger partial charge in [0.2, 0.25) is 5.91 Å². The number of nitrogens with zero attached hydrogens (tertiary/aromatic N) is 1. The third-order valence-corrected chi connectivity index (χ3v) is 2.25. The molecule has 1 heterocycles. The van der Waals surface area contributed by atoms with Crippen LogP contribution in [0.3, 0.4) is 0 Å². The minimum Gasteiger partial charge on any atom is -0.356 e. The van der Waals surface area contributed by atoms with E-state index in [1.807, 2.05) is 26.0 Å². The Morgan fingerprint density at radius 3 is 2.81 bits per heavy atom. The SMILES string of the molecule is CC(=O)NCCC=Cc1ccc(C)nc1C. The molecule has 0 aromatic carbocycles. The summed E-state index contributed by atoms with van der Waals surface area (Å²) >= 11 is 0. The highest BCUT2D eigenvalue weighted by Gasteiger charge is 1.95. The molecule has 1 amide bonds. The number of pyridine rings is 1. The number of hydrogen-bond donors (Lipinski definition) is 1. The van der Waals surface area contributed by atoms with Crippen molar-refractivity contribution in [3.05, 3.63) is 35.2 Å². The van der Waals surface area contributed by atoms with E-state index in [4.69, 9.17) is 0 Å². The van der Waals surface area contributed by atoms with Crippen LogP contribution in [0.15, 0.2) is 18.2 Å². The van der Waals surface area contributed by atoms with Crippen LogP contribution >= 0.6 is 0 Å². The highest BCUT2D eigenvalue weighted by molar-refractivity contribution is 5.72. The van der Waals surface area contributed by atoms with Crippen molar-refractivity contribution in [3.8, 4) is 0 Å². The normalized spacial score (nSPS) is 10.7. The van der Waals surface area contributed by atoms with Gasteiger partial charge in [-0.1, -0.05) is 18.2 Å². The topological polar surface area (TPSA) is 42.0 Å². The summed E-state index contributed by atoms with van der Waals surface area (Å²) < 4.78 is 0. The van der Waals surface area contributed by atoms with Gasteiger partial charge in [-0.25, -0.2) is 0 Å². The standard InChI is InChI=1S/C13H18N2O/c1-10-7-8-13(11(2)15-10)6-4-5-9-14-12(3)16/h4,6-8H,5,9H2,1-3H3,(H,14,16). The zero-order valence-electron chi connectivity index (χ0n) is 10.1. The van der Waals surface area contributed by atoms with Crippen molar-refractivity contribution in [2.24, 2.45) is 0 Å². The number of aryl methyl sites for hydroxylation is 2. The number of carbonyl (C=O) groups excluding carboxylic acids is 1. The summed E-state index contributed by atoms with van der Waals surface area (Å²) in [5.74, 6) is 0.0154. The Labute approximate surface area is 96.6 Å². The molecule has 0 aliphatic rings. The molecule has 0 bridgehead atoms. The predicted octanol–water partition coefficient (Wildman–Crippen LogP) is 2.24. The van der Waals surface area contributed by atoms with Crippen molar-refractivity contribution in [3.63, 3.8) is 0 Å². The van der Waals surface area contributed by atoms with E-state index in [1.165, 1.54) is 6.92 Å². The molecule has 16 heavy (non-hydrogen) atoms. The largest absolute Gasteiger partial charge is 0.356 e. The smallest absolute Gasteiger partial charge is 0.216 e. The van der Waals surface area contributed by atoms with Crippen molar-refractivity contribution in [1.82, 2.24) is 10.3 Å². The van der Waals surface area contributed by atoms with Crippen LogP contribution in [0.2, 0.25) is 0 Å². The molecule has 1 aromatic rings. The Bertz CT molecular complexity index is 397. The number of nitrogens with one attached hydrogen (secondary N) is 1. The fourth-order valence-corrected chi connectivity index (χ4v) is 1.42. The molecule has 1 N–H and O–H groups in total. The fourth-order valence-electron chi connectivity index (χ4n) is 1.42. The zero-order chi connectivity index (χ0) is 12.0. The van der Waals surface area contributed by atoms with E-state index in [-0.39, 0.29) is 5.91 Å². The molecule has 0 saturated heterocycles. The molecule has 0 aliphatic heterocycles. The van der Waals surface area contributed by atoms with Crippen LogP contribution in [0.25, 0.3) is 6.08 Å². The molecule has 86 valence electrons. The van der Waals surface area contributed by atoms with Crippen LogP contribution in [0, 0.1) is 13.8 Å². The fraction of sp³-hybridized carbons (Fsp3) is 0.385. The first-order valence-corrected chi connectivity index (χ1v) is 5.45. The predicted molar refractivity (Wildman–Crippen MR) is 66.0 cm³/mol. The molecule has 3 heteroatoms. The average molecular weight is 218 g/mol. The monoisotopic (exact) mass is 218 g/mol. The van der Waals surface area contributed by atoms with Crippen LogP contribution in [0.1, 0.15) is 30.3 Å². The van der Waals surface area contributed by atoms with Crippen molar-refractivity contribution < 1.29 is 4.79 Å². The highest BCUT2D eigenvalue weighted by Crippen LogP contribution is 2.08. The molecule has 0 spiro atoms. The maximum absolute atomic E-state index is 10.6. The van der Waals surface area contributed by atoms with E-state index in [1.54, 1.807) is 0 Å². The van der Waals surface area contributed by atoms with E-state index in [2.05, 4.69) is 22.4 Å². The molecular formula is C13H18N2O. The molecule has 0 aliphatic carbocycles. The van der Waals surface area contributed by atoms with Crippen LogP contribution in [0.5, 0.6) is 0 Å². The van der Waals surface area contributed by atoms with Crippen molar-refractivity contribution in [2.45, 2.75) is 27.2 Å². The number of amides is 1. The minimum atomic E-state index is 0.0154. The summed E-state index contributed by atoms with van der Waals surface area (Å²) in [5.41, 5.74) is 3.21. The van der Waals surface area contributed by atoms with Gasteiger partial charge in [0.25, 0.3) is 0 Å². The third kappa shape index (κ3) is 4.26. The summed E-state index contributed by atoms with van der Waals surface area (Å²) in [6, 6.07) is 4.06. The summed E-state index contributed by atoms with van der Waals surface area (Å²) in [7, 11) is 0. The van der Waals surface area contributed by atoms with Gasteiger partial charge in [0, 0.05) is 24.9 Å². The Morgan fingerprint density at radius 2 is 2.19 bits per heavy atom. The van der Waals surface area contributed by atoms with E-state index in [0.29, 0.717) is 6.54 Å². The van der Waals surface area contributed by atoms with Gasteiger partial charge in [-0.2, -0.15) is 0 Å². The summed E-state index contributed by atoms with van der Waals surface area (Å²) in [5, 5.41) is 2.75. The van der Waals surface area contributed by atoms with Crippen molar-refractivity contribution in [1.29, 1.82) is 0 Å². The van der Waals surface area contributed by atoms with Crippen LogP contribution in [-0.4, -0.2) is 17.4 Å². The van der Waals surface area contributed by atoms with Crippen molar-refractivity contribution in [2.75, 3.05) is 6.54 Å². The lowest BCUT2D eigenvalue weighted by atomic mass is 10.1. The van der Waals surface area contributed by atoms with Gasteiger partial charge < -0.3 is 5.32 Å². The number of hydrogen-bond acceptors (Lipinski definition) is 2. The van der Waals surface area contributed by atoms with Crippen molar-refractivity contribution >= 4 is 12.0 Å². The van der Waals surface area contributed by atoms with E-state index < -0.39 is 0 Å². The number of carbonyl (C=O) groups is 1. The lowest BCUT2D eigenvalue weighted by Crippen LogP contribution is -2.20. The Balaban J connectivity index is 2.47. The third-order valence-electron chi connectivity index (χ3n) is 2.25. The zero-order valence-corrected chi connectivity index (χ0v) is 10.1. The number of aromatic nitrogens is 1. The van der Waals surface area contributed by atoms with Gasteiger partial charge in [-0.15, -0.1) is 0 Å². The van der Waals surface area contributed by atoms with Crippen LogP contribution < -0.4 is 5.32 Å². The molecule has 0 radical (unpaired) electrons. The molecule has 1 rings (SSSR count). The molecule has 0 saturated carbocycles. The second-order valence-corrected chi connectivity index (χ2v) is 3.80. The highest BCUT2D eigenvalue weighted by atomic mass is 16.1. The molecule has 0 atom stereocenters. The minimum absolute atomic E-state index is 0.0154. The second-order valence-electron chi connectivity index (χ2n) is 3.80. The summed E-state index contributed by atoms with van der Waals surface area (Å²) in [4.78, 5) is 15.0.